The van der Waals surface area contributed by atoms with Crippen LogP contribution in [0.4, 0.5) is 21.9 Å². The van der Waals surface area contributed by atoms with Gasteiger partial charge in [-0.15, -0.1) is 0 Å². The van der Waals surface area contributed by atoms with Crippen LogP contribution in [0.1, 0.15) is 35.8 Å². The van der Waals surface area contributed by atoms with Gasteiger partial charge in [0.2, 0.25) is 0 Å². The lowest BCUT2D eigenvalue weighted by molar-refractivity contribution is 0.102. The molecule has 2 aliphatic rings. The van der Waals surface area contributed by atoms with Crippen molar-refractivity contribution in [1.29, 1.82) is 0 Å². The molecule has 0 spiro atoms. The Labute approximate surface area is 214 Å². The number of nitrogen functional groups attached to an aromatic ring is 1. The number of carbonyl (C=O) groups excluding carboxylic acids is 1. The highest BCUT2D eigenvalue weighted by molar-refractivity contribution is 6.09. The molecule has 1 saturated heterocycles. The minimum atomic E-state index is -1.04. The number of aromatic nitrogens is 2. The molecule has 0 bridgehead atoms. The maximum atomic E-state index is 13.4. The summed E-state index contributed by atoms with van der Waals surface area (Å²) in [6.07, 6.45) is 5.83. The zero-order valence-corrected chi connectivity index (χ0v) is 20.6. The van der Waals surface area contributed by atoms with E-state index >= 15 is 0 Å². The number of carboxylic acid groups (broad SMARTS) is 1. The lowest BCUT2D eigenvalue weighted by Gasteiger charge is -2.38. The third kappa shape index (κ3) is 5.49. The molecule has 0 radical (unpaired) electrons. The van der Waals surface area contributed by atoms with Crippen molar-refractivity contribution in [3.63, 3.8) is 0 Å². The maximum absolute atomic E-state index is 13.4. The molecule has 2 atom stereocenters. The molecule has 5 N–H and O–H groups in total. The average molecular weight is 503 g/mol. The van der Waals surface area contributed by atoms with Crippen molar-refractivity contribution in [2.75, 3.05) is 42.3 Å². The summed E-state index contributed by atoms with van der Waals surface area (Å²) in [6.45, 7) is 4.57. The number of hydrogen-bond donors (Lipinski definition) is 4. The van der Waals surface area contributed by atoms with Crippen molar-refractivity contribution in [2.24, 2.45) is 5.92 Å². The van der Waals surface area contributed by atoms with E-state index in [1.54, 1.807) is 18.5 Å². The van der Waals surface area contributed by atoms with Crippen LogP contribution in [0.15, 0.2) is 48.8 Å². The number of fused-ring (bicyclic) bond motifs is 1. The quantitative estimate of drug-likeness (QED) is 0.413. The van der Waals surface area contributed by atoms with Gasteiger partial charge in [0.15, 0.2) is 5.69 Å². The van der Waals surface area contributed by atoms with E-state index in [0.29, 0.717) is 31.0 Å². The summed E-state index contributed by atoms with van der Waals surface area (Å²) >= 11 is 0. The van der Waals surface area contributed by atoms with Gasteiger partial charge in [0.1, 0.15) is 0 Å². The highest BCUT2D eigenvalue weighted by Crippen LogP contribution is 2.31. The number of ether oxygens (including phenoxy) is 1. The van der Waals surface area contributed by atoms with Crippen molar-refractivity contribution in [3.05, 3.63) is 60.1 Å². The molecule has 1 fully saturated rings. The first-order valence-electron chi connectivity index (χ1n) is 12.3. The fourth-order valence-electron chi connectivity index (χ4n) is 5.12. The number of amides is 2. The Bertz CT molecular complexity index is 1370. The van der Waals surface area contributed by atoms with Gasteiger partial charge in [-0.25, -0.2) is 9.78 Å². The van der Waals surface area contributed by atoms with Crippen molar-refractivity contribution < 1.29 is 19.4 Å². The molecule has 2 unspecified atom stereocenters. The highest BCUT2D eigenvalue weighted by atomic mass is 16.5. The third-order valence-corrected chi connectivity index (χ3v) is 6.77. The summed E-state index contributed by atoms with van der Waals surface area (Å²) in [6, 6.07) is 9.34. The molecule has 5 rings (SSSR count). The zero-order chi connectivity index (χ0) is 25.9. The second kappa shape index (κ2) is 10.4. The first-order chi connectivity index (χ1) is 17.9. The van der Waals surface area contributed by atoms with Gasteiger partial charge < -0.3 is 31.1 Å². The molecular formula is C27H30N6O4. The van der Waals surface area contributed by atoms with E-state index in [4.69, 9.17) is 10.5 Å². The van der Waals surface area contributed by atoms with Gasteiger partial charge in [0.05, 0.1) is 42.0 Å². The van der Waals surface area contributed by atoms with Crippen LogP contribution in [0.2, 0.25) is 0 Å². The van der Waals surface area contributed by atoms with E-state index in [9.17, 15) is 14.7 Å². The number of nitrogens with zero attached hydrogens (tertiary/aromatic N) is 3. The molecule has 1 aromatic carbocycles. The Balaban J connectivity index is 1.41. The molecule has 0 aliphatic carbocycles. The largest absolute Gasteiger partial charge is 0.465 e. The molecule has 2 aliphatic heterocycles. The van der Waals surface area contributed by atoms with Crippen LogP contribution in [0.3, 0.4) is 0 Å². The Morgan fingerprint density at radius 3 is 2.86 bits per heavy atom. The van der Waals surface area contributed by atoms with Crippen LogP contribution in [-0.4, -0.2) is 59.4 Å². The Morgan fingerprint density at radius 2 is 2.08 bits per heavy atom. The van der Waals surface area contributed by atoms with Gasteiger partial charge in [0, 0.05) is 30.7 Å². The maximum Gasteiger partial charge on any atom is 0.404 e. The number of anilines is 3. The first kappa shape index (κ1) is 24.5. The Morgan fingerprint density at radius 1 is 1.22 bits per heavy atom. The van der Waals surface area contributed by atoms with E-state index in [1.807, 2.05) is 24.3 Å². The number of hydrogen-bond acceptors (Lipinski definition) is 7. The van der Waals surface area contributed by atoms with Gasteiger partial charge >= 0.3 is 6.09 Å². The summed E-state index contributed by atoms with van der Waals surface area (Å²) in [5.41, 5.74) is 10.9. The molecule has 192 valence electrons. The molecule has 10 nitrogen and oxygen atoms in total. The number of benzene rings is 1. The average Bonchev–Trinajstić information content (AvgIpc) is 2.88. The number of carbonyl (C=O) groups is 2. The van der Waals surface area contributed by atoms with E-state index in [1.165, 1.54) is 5.57 Å². The molecule has 3 aromatic rings. The van der Waals surface area contributed by atoms with Crippen LogP contribution in [0.25, 0.3) is 16.5 Å². The SMILES string of the molecule is CC1CC(NC(=O)O)CN(c2ccncc2NC(=O)c2nc3cc(C4=CCOCC4)ccc3cc2N)C1. The fraction of sp³-hybridized carbons (Fsp3) is 0.333. The molecule has 0 saturated carbocycles. The molecule has 37 heavy (non-hydrogen) atoms. The number of nitrogens with two attached hydrogens (primary N) is 1. The fourth-order valence-corrected chi connectivity index (χ4v) is 5.12. The van der Waals surface area contributed by atoms with E-state index < -0.39 is 12.0 Å². The third-order valence-electron chi connectivity index (χ3n) is 6.77. The summed E-state index contributed by atoms with van der Waals surface area (Å²) in [4.78, 5) is 35.4. The van der Waals surface area contributed by atoms with Crippen LogP contribution in [0, 0.1) is 5.92 Å². The molecule has 2 aromatic heterocycles. The minimum absolute atomic E-state index is 0.137. The lowest BCUT2D eigenvalue weighted by atomic mass is 9.95. The van der Waals surface area contributed by atoms with Crippen LogP contribution in [-0.2, 0) is 4.74 Å². The summed E-state index contributed by atoms with van der Waals surface area (Å²) in [5.74, 6) is -0.172. The normalized spacial score (nSPS) is 19.8. The van der Waals surface area contributed by atoms with Crippen molar-refractivity contribution in [1.82, 2.24) is 15.3 Å². The number of rotatable bonds is 5. The van der Waals surface area contributed by atoms with Crippen molar-refractivity contribution in [3.8, 4) is 0 Å². The predicted octanol–water partition coefficient (Wildman–Crippen LogP) is 3.75. The van der Waals surface area contributed by atoms with Crippen LogP contribution >= 0.6 is 0 Å². The van der Waals surface area contributed by atoms with E-state index in [0.717, 1.165) is 36.0 Å². The topological polar surface area (TPSA) is 143 Å². The standard InChI is InChI=1S/C27H30N6O4/c1-16-10-20(30-27(35)36)15-33(14-16)24-4-7-29-13-23(24)32-26(34)25-21(28)11-19-3-2-18(12-22(19)31-25)17-5-8-37-9-6-17/h2-5,7,11-13,16,20,30H,6,8-10,14-15,28H2,1H3,(H,32,34)(H,35,36). The van der Waals surface area contributed by atoms with Gasteiger partial charge in [-0.05, 0) is 48.1 Å². The Hall–Kier alpha value is -4.18. The molecule has 2 amide bonds. The van der Waals surface area contributed by atoms with E-state index in [2.05, 4.69) is 38.5 Å². The minimum Gasteiger partial charge on any atom is -0.465 e. The van der Waals surface area contributed by atoms with Gasteiger partial charge in [-0.3, -0.25) is 9.78 Å². The second-order valence-electron chi connectivity index (χ2n) is 9.63. The smallest absolute Gasteiger partial charge is 0.404 e. The van der Waals surface area contributed by atoms with Gasteiger partial charge in [-0.1, -0.05) is 25.1 Å². The second-order valence-corrected chi connectivity index (χ2v) is 9.63. The van der Waals surface area contributed by atoms with Crippen molar-refractivity contribution >= 4 is 45.5 Å². The Kier molecular flexibility index (Phi) is 6.91. The monoisotopic (exact) mass is 502 g/mol. The molecule has 10 heteroatoms. The summed E-state index contributed by atoms with van der Waals surface area (Å²) in [7, 11) is 0. The predicted molar refractivity (Wildman–Crippen MR) is 143 cm³/mol. The van der Waals surface area contributed by atoms with Crippen molar-refractivity contribution in [2.45, 2.75) is 25.8 Å². The number of nitrogens with one attached hydrogen (secondary N) is 2. The first-order valence-corrected chi connectivity index (χ1v) is 12.3. The van der Waals surface area contributed by atoms with Gasteiger partial charge in [0.25, 0.3) is 5.91 Å². The number of piperidine rings is 1. The highest BCUT2D eigenvalue weighted by Gasteiger charge is 2.28. The van der Waals surface area contributed by atoms with E-state index in [-0.39, 0.29) is 23.3 Å². The molecule has 4 heterocycles. The van der Waals surface area contributed by atoms with Crippen LogP contribution < -0.4 is 21.3 Å². The molecular weight excluding hydrogens is 472 g/mol. The summed E-state index contributed by atoms with van der Waals surface area (Å²) < 4.78 is 5.41. The van der Waals surface area contributed by atoms with Gasteiger partial charge in [-0.2, -0.15) is 0 Å². The number of pyridine rings is 2. The van der Waals surface area contributed by atoms with Crippen LogP contribution in [0.5, 0.6) is 0 Å². The summed E-state index contributed by atoms with van der Waals surface area (Å²) in [5, 5.41) is 15.5. The lowest BCUT2D eigenvalue weighted by Crippen LogP contribution is -2.50. The zero-order valence-electron chi connectivity index (χ0n) is 20.6.